The molecule has 1 aliphatic rings. The quantitative estimate of drug-likeness (QED) is 0.529. The average Bonchev–Trinajstić information content (AvgIpc) is 2.43. The Bertz CT molecular complexity index is 472. The first-order valence-electron chi connectivity index (χ1n) is 7.04. The second-order valence-corrected chi connectivity index (χ2v) is 7.01. The minimum absolute atomic E-state index is 0. The first-order chi connectivity index (χ1) is 9.83. The van der Waals surface area contributed by atoms with E-state index in [0.29, 0.717) is 19.5 Å². The molecule has 0 spiro atoms. The molecule has 0 radical (unpaired) electrons. The number of hydrogen-bond donors (Lipinski definition) is 3. The number of hydrogen-bond acceptors (Lipinski definition) is 5. The van der Waals surface area contributed by atoms with Gasteiger partial charge in [-0.15, -0.1) is 12.4 Å². The van der Waals surface area contributed by atoms with Crippen molar-refractivity contribution in [2.75, 3.05) is 32.4 Å². The zero-order valence-electron chi connectivity index (χ0n) is 12.7. The van der Waals surface area contributed by atoms with E-state index >= 15 is 0 Å². The van der Waals surface area contributed by atoms with Crippen LogP contribution in [0.3, 0.4) is 0 Å². The molecule has 10 heteroatoms. The Balaban J connectivity index is 0.00000441. The van der Waals surface area contributed by atoms with Crippen LogP contribution < -0.4 is 15.8 Å². The molecule has 0 aromatic heterocycles. The standard InChI is InChI=1S/C12H24N4O4S.ClH/c1-21(19,20)15-6-5-10-4-2-3-7-16(10)12(18)9-14-11(17)8-13;/h10,15H,2-9,13H2,1H3,(H,14,17);1H. The van der Waals surface area contributed by atoms with Gasteiger partial charge in [0.25, 0.3) is 0 Å². The second-order valence-electron chi connectivity index (χ2n) is 5.17. The summed E-state index contributed by atoms with van der Waals surface area (Å²) in [4.78, 5) is 24.9. The monoisotopic (exact) mass is 356 g/mol. The van der Waals surface area contributed by atoms with E-state index in [-0.39, 0.29) is 43.4 Å². The molecule has 1 rings (SSSR count). The molecule has 1 unspecified atom stereocenters. The van der Waals surface area contributed by atoms with Gasteiger partial charge in [-0.2, -0.15) is 0 Å². The smallest absolute Gasteiger partial charge is 0.242 e. The van der Waals surface area contributed by atoms with Crippen LogP contribution in [0.25, 0.3) is 0 Å². The van der Waals surface area contributed by atoms with E-state index < -0.39 is 10.0 Å². The topological polar surface area (TPSA) is 122 Å². The van der Waals surface area contributed by atoms with E-state index in [2.05, 4.69) is 10.0 Å². The lowest BCUT2D eigenvalue weighted by molar-refractivity contribution is -0.135. The normalized spacial score (nSPS) is 18.5. The fourth-order valence-electron chi connectivity index (χ4n) is 2.39. The van der Waals surface area contributed by atoms with E-state index in [9.17, 15) is 18.0 Å². The van der Waals surface area contributed by atoms with Crippen LogP contribution in [-0.2, 0) is 19.6 Å². The summed E-state index contributed by atoms with van der Waals surface area (Å²) in [6, 6.07) is 0.00952. The van der Waals surface area contributed by atoms with Crippen LogP contribution >= 0.6 is 12.4 Å². The van der Waals surface area contributed by atoms with E-state index in [0.717, 1.165) is 25.5 Å². The molecule has 0 aromatic carbocycles. The molecule has 22 heavy (non-hydrogen) atoms. The highest BCUT2D eigenvalue weighted by atomic mass is 35.5. The maximum absolute atomic E-state index is 12.1. The van der Waals surface area contributed by atoms with Gasteiger partial charge in [-0.1, -0.05) is 0 Å². The van der Waals surface area contributed by atoms with Crippen molar-refractivity contribution in [2.45, 2.75) is 31.7 Å². The van der Waals surface area contributed by atoms with Crippen LogP contribution in [0.5, 0.6) is 0 Å². The van der Waals surface area contributed by atoms with Crippen molar-refractivity contribution in [1.82, 2.24) is 14.9 Å². The fourth-order valence-corrected chi connectivity index (χ4v) is 2.88. The van der Waals surface area contributed by atoms with Crippen molar-refractivity contribution in [1.29, 1.82) is 0 Å². The Hall–Kier alpha value is -0.900. The van der Waals surface area contributed by atoms with Crippen molar-refractivity contribution in [3.05, 3.63) is 0 Å². The third-order valence-electron chi connectivity index (χ3n) is 3.41. The summed E-state index contributed by atoms with van der Waals surface area (Å²) in [5.41, 5.74) is 5.17. The Labute approximate surface area is 137 Å². The number of piperidine rings is 1. The van der Waals surface area contributed by atoms with E-state index in [1.807, 2.05) is 0 Å². The number of nitrogens with two attached hydrogens (primary N) is 1. The number of carbonyl (C=O) groups excluding carboxylic acids is 2. The maximum Gasteiger partial charge on any atom is 0.242 e. The first kappa shape index (κ1) is 21.1. The van der Waals surface area contributed by atoms with Gasteiger partial charge < -0.3 is 16.0 Å². The van der Waals surface area contributed by atoms with Gasteiger partial charge >= 0.3 is 0 Å². The summed E-state index contributed by atoms with van der Waals surface area (Å²) >= 11 is 0. The predicted molar refractivity (Wildman–Crippen MR) is 86.1 cm³/mol. The highest BCUT2D eigenvalue weighted by Gasteiger charge is 2.26. The van der Waals surface area contributed by atoms with E-state index in [1.54, 1.807) is 4.90 Å². The molecule has 4 N–H and O–H groups in total. The SMILES string of the molecule is CS(=O)(=O)NCCC1CCCCN1C(=O)CNC(=O)CN.Cl. The van der Waals surface area contributed by atoms with Crippen LogP contribution in [0, 0.1) is 0 Å². The third kappa shape index (κ3) is 7.92. The molecule has 0 aliphatic carbocycles. The molecule has 0 aromatic rings. The maximum atomic E-state index is 12.1. The van der Waals surface area contributed by atoms with Crippen LogP contribution in [-0.4, -0.2) is 63.6 Å². The van der Waals surface area contributed by atoms with Gasteiger partial charge in [0.05, 0.1) is 19.3 Å². The second kappa shape index (κ2) is 9.98. The number of rotatable bonds is 7. The van der Waals surface area contributed by atoms with E-state index in [4.69, 9.17) is 5.73 Å². The number of carbonyl (C=O) groups is 2. The van der Waals surface area contributed by atoms with Gasteiger partial charge in [-0.3, -0.25) is 9.59 Å². The zero-order valence-corrected chi connectivity index (χ0v) is 14.3. The number of nitrogens with one attached hydrogen (secondary N) is 2. The van der Waals surface area contributed by atoms with Gasteiger partial charge in [-0.05, 0) is 25.7 Å². The van der Waals surface area contributed by atoms with Gasteiger partial charge in [-0.25, -0.2) is 13.1 Å². The van der Waals surface area contributed by atoms with E-state index in [1.165, 1.54) is 0 Å². The number of nitrogens with zero attached hydrogens (tertiary/aromatic N) is 1. The lowest BCUT2D eigenvalue weighted by atomic mass is 9.99. The number of halogens is 1. The van der Waals surface area contributed by atoms with Crippen LogP contribution in [0.15, 0.2) is 0 Å². The van der Waals surface area contributed by atoms with Crippen molar-refractivity contribution in [3.63, 3.8) is 0 Å². The number of sulfonamides is 1. The molecule has 130 valence electrons. The molecule has 0 bridgehead atoms. The molecule has 1 fully saturated rings. The van der Waals surface area contributed by atoms with Gasteiger partial charge in [0.2, 0.25) is 21.8 Å². The predicted octanol–water partition coefficient (Wildman–Crippen LogP) is -1.20. The van der Waals surface area contributed by atoms with Crippen LogP contribution in [0.1, 0.15) is 25.7 Å². The lowest BCUT2D eigenvalue weighted by Crippen LogP contribution is -2.49. The van der Waals surface area contributed by atoms with Gasteiger partial charge in [0.1, 0.15) is 0 Å². The van der Waals surface area contributed by atoms with Crippen LogP contribution in [0.4, 0.5) is 0 Å². The molecule has 1 saturated heterocycles. The molecule has 1 aliphatic heterocycles. The Kier molecular flexibility index (Phi) is 9.58. The average molecular weight is 357 g/mol. The molecular weight excluding hydrogens is 332 g/mol. The third-order valence-corrected chi connectivity index (χ3v) is 4.14. The minimum Gasteiger partial charge on any atom is -0.346 e. The number of amides is 2. The van der Waals surface area contributed by atoms with Gasteiger partial charge in [0, 0.05) is 19.1 Å². The summed E-state index contributed by atoms with van der Waals surface area (Å²) in [5, 5.41) is 2.46. The Morgan fingerprint density at radius 1 is 1.32 bits per heavy atom. The molecular formula is C12H25ClN4O4S. The molecule has 1 atom stereocenters. The summed E-state index contributed by atoms with van der Waals surface area (Å²) in [7, 11) is -3.21. The van der Waals surface area contributed by atoms with Crippen molar-refractivity contribution >= 4 is 34.2 Å². The Morgan fingerprint density at radius 2 is 2.00 bits per heavy atom. The highest BCUT2D eigenvalue weighted by molar-refractivity contribution is 7.88. The van der Waals surface area contributed by atoms with Crippen molar-refractivity contribution in [3.8, 4) is 0 Å². The largest absolute Gasteiger partial charge is 0.346 e. The molecule has 8 nitrogen and oxygen atoms in total. The summed E-state index contributed by atoms with van der Waals surface area (Å²) in [6.07, 6.45) is 4.47. The molecule has 0 saturated carbocycles. The van der Waals surface area contributed by atoms with Crippen molar-refractivity contribution < 1.29 is 18.0 Å². The summed E-state index contributed by atoms with van der Waals surface area (Å²) < 4.78 is 24.5. The summed E-state index contributed by atoms with van der Waals surface area (Å²) in [5.74, 6) is -0.517. The van der Waals surface area contributed by atoms with Crippen LogP contribution in [0.2, 0.25) is 0 Å². The lowest BCUT2D eigenvalue weighted by Gasteiger charge is -2.36. The first-order valence-corrected chi connectivity index (χ1v) is 8.93. The molecule has 2 amide bonds. The van der Waals surface area contributed by atoms with Crippen molar-refractivity contribution in [2.24, 2.45) is 5.73 Å². The fraction of sp³-hybridized carbons (Fsp3) is 0.833. The highest BCUT2D eigenvalue weighted by Crippen LogP contribution is 2.19. The molecule has 1 heterocycles. The Morgan fingerprint density at radius 3 is 2.59 bits per heavy atom. The minimum atomic E-state index is -3.21. The van der Waals surface area contributed by atoms with Gasteiger partial charge in [0.15, 0.2) is 0 Å². The number of likely N-dealkylation sites (tertiary alicyclic amines) is 1. The zero-order chi connectivity index (χ0) is 15.9. The summed E-state index contributed by atoms with van der Waals surface area (Å²) in [6.45, 7) is 0.740.